The Morgan fingerprint density at radius 1 is 1.67 bits per heavy atom. The summed E-state index contributed by atoms with van der Waals surface area (Å²) >= 11 is 0. The summed E-state index contributed by atoms with van der Waals surface area (Å²) in [4.78, 5) is 3.42. The molecule has 1 rings (SSSR count). The van der Waals surface area contributed by atoms with E-state index in [1.165, 1.54) is 19.2 Å². The average Bonchev–Trinajstić information content (AvgIpc) is 2.04. The summed E-state index contributed by atoms with van der Waals surface area (Å²) in [5.74, 6) is -0.620. The van der Waals surface area contributed by atoms with Gasteiger partial charge in [-0.05, 0) is 13.0 Å². The lowest BCUT2D eigenvalue weighted by Gasteiger charge is -2.14. The lowest BCUT2D eigenvalue weighted by molar-refractivity contribution is 0.162. The maximum atomic E-state index is 12.9. The molecule has 66 valence electrons. The van der Waals surface area contributed by atoms with Crippen LogP contribution in [-0.2, 0) is 0 Å². The molecule has 0 aromatic carbocycles. The minimum atomic E-state index is -0.774. The molecule has 3 nitrogen and oxygen atoms in total. The molecule has 4 heteroatoms. The van der Waals surface area contributed by atoms with E-state index in [-0.39, 0.29) is 5.56 Å². The summed E-state index contributed by atoms with van der Waals surface area (Å²) in [7, 11) is 0. The van der Waals surface area contributed by atoms with E-state index in [4.69, 9.17) is 10.8 Å². The second kappa shape index (κ2) is 3.60. The maximum absolute atomic E-state index is 12.9. The van der Waals surface area contributed by atoms with Crippen molar-refractivity contribution in [3.63, 3.8) is 0 Å². The molecular weight excluding hydrogens is 159 g/mol. The van der Waals surface area contributed by atoms with Gasteiger partial charge in [0.15, 0.2) is 0 Å². The monoisotopic (exact) mass is 170 g/mol. The highest BCUT2D eigenvalue weighted by molar-refractivity contribution is 5.16. The molecule has 0 saturated carbocycles. The number of aromatic nitrogens is 1. The smallest absolute Gasteiger partial charge is 0.217 e. The van der Waals surface area contributed by atoms with Crippen LogP contribution >= 0.6 is 0 Å². The number of aliphatic hydroxyl groups is 1. The standard InChI is InChI=1S/C8H11FN2O/c1-5(12)7(10)6-3-2-4-11-8(6)9/h2-5,7,12H,10H2,1H3/t5-,7-/m1/s1. The van der Waals surface area contributed by atoms with E-state index in [2.05, 4.69) is 4.98 Å². The number of nitrogens with zero attached hydrogens (tertiary/aromatic N) is 1. The molecule has 12 heavy (non-hydrogen) atoms. The van der Waals surface area contributed by atoms with Crippen molar-refractivity contribution >= 4 is 0 Å². The molecule has 3 N–H and O–H groups in total. The maximum Gasteiger partial charge on any atom is 0.217 e. The zero-order valence-electron chi connectivity index (χ0n) is 6.74. The van der Waals surface area contributed by atoms with Crippen molar-refractivity contribution in [2.24, 2.45) is 5.73 Å². The summed E-state index contributed by atoms with van der Waals surface area (Å²) < 4.78 is 12.9. The predicted octanol–water partition coefficient (Wildman–Crippen LogP) is 0.601. The number of pyridine rings is 1. The summed E-state index contributed by atoms with van der Waals surface area (Å²) in [5.41, 5.74) is 5.75. The van der Waals surface area contributed by atoms with Gasteiger partial charge in [0.05, 0.1) is 12.1 Å². The Hall–Kier alpha value is -1.00. The number of nitrogens with two attached hydrogens (primary N) is 1. The average molecular weight is 170 g/mol. The first kappa shape index (κ1) is 9.09. The second-order valence-electron chi connectivity index (χ2n) is 2.65. The van der Waals surface area contributed by atoms with Gasteiger partial charge in [0.2, 0.25) is 5.95 Å². The Morgan fingerprint density at radius 3 is 2.83 bits per heavy atom. The molecule has 0 unspecified atom stereocenters. The highest BCUT2D eigenvalue weighted by Crippen LogP contribution is 2.15. The van der Waals surface area contributed by atoms with E-state index < -0.39 is 18.1 Å². The molecule has 0 spiro atoms. The molecule has 0 saturated heterocycles. The molecule has 0 bridgehead atoms. The van der Waals surface area contributed by atoms with Crippen LogP contribution in [0.1, 0.15) is 18.5 Å². The third-order valence-electron chi connectivity index (χ3n) is 1.67. The zero-order chi connectivity index (χ0) is 9.14. The first-order chi connectivity index (χ1) is 5.63. The molecule has 1 heterocycles. The Labute approximate surface area is 70.0 Å². The molecule has 0 aliphatic rings. The highest BCUT2D eigenvalue weighted by atomic mass is 19.1. The summed E-state index contributed by atoms with van der Waals surface area (Å²) in [6.45, 7) is 1.51. The molecule has 0 amide bonds. The fourth-order valence-corrected chi connectivity index (χ4v) is 0.907. The number of hydrogen-bond donors (Lipinski definition) is 2. The lowest BCUT2D eigenvalue weighted by atomic mass is 10.1. The molecule has 0 aliphatic carbocycles. The van der Waals surface area contributed by atoms with Crippen LogP contribution in [0.5, 0.6) is 0 Å². The first-order valence-electron chi connectivity index (χ1n) is 3.67. The molecule has 2 atom stereocenters. The van der Waals surface area contributed by atoms with Gasteiger partial charge < -0.3 is 10.8 Å². The Bertz CT molecular complexity index is 265. The van der Waals surface area contributed by atoms with Crippen LogP contribution in [0, 0.1) is 5.95 Å². The van der Waals surface area contributed by atoms with Crippen LogP contribution < -0.4 is 5.73 Å². The molecule has 1 aromatic rings. The SMILES string of the molecule is C[C@@H](O)[C@@H](N)c1cccnc1F. The number of hydrogen-bond acceptors (Lipinski definition) is 3. The van der Waals surface area contributed by atoms with Gasteiger partial charge in [0.25, 0.3) is 0 Å². The highest BCUT2D eigenvalue weighted by Gasteiger charge is 2.15. The Balaban J connectivity index is 2.94. The van der Waals surface area contributed by atoms with Gasteiger partial charge >= 0.3 is 0 Å². The van der Waals surface area contributed by atoms with Crippen molar-refractivity contribution in [2.45, 2.75) is 19.1 Å². The topological polar surface area (TPSA) is 59.1 Å². The zero-order valence-corrected chi connectivity index (χ0v) is 6.74. The van der Waals surface area contributed by atoms with Crippen molar-refractivity contribution in [3.05, 3.63) is 29.8 Å². The van der Waals surface area contributed by atoms with Crippen LogP contribution in [0.4, 0.5) is 4.39 Å². The first-order valence-corrected chi connectivity index (χ1v) is 3.67. The van der Waals surface area contributed by atoms with Crippen LogP contribution in [0.25, 0.3) is 0 Å². The summed E-state index contributed by atoms with van der Waals surface area (Å²) in [5, 5.41) is 9.08. The van der Waals surface area contributed by atoms with Gasteiger partial charge in [-0.2, -0.15) is 4.39 Å². The van der Waals surface area contributed by atoms with Crippen molar-refractivity contribution in [3.8, 4) is 0 Å². The second-order valence-corrected chi connectivity index (χ2v) is 2.65. The Kier molecular flexibility index (Phi) is 2.73. The third-order valence-corrected chi connectivity index (χ3v) is 1.67. The van der Waals surface area contributed by atoms with Gasteiger partial charge in [-0.25, -0.2) is 4.98 Å². The van der Waals surface area contributed by atoms with Gasteiger partial charge in [-0.1, -0.05) is 6.07 Å². The Morgan fingerprint density at radius 2 is 2.33 bits per heavy atom. The van der Waals surface area contributed by atoms with Crippen molar-refractivity contribution in [2.75, 3.05) is 0 Å². The minimum Gasteiger partial charge on any atom is -0.391 e. The van der Waals surface area contributed by atoms with Crippen LogP contribution in [-0.4, -0.2) is 16.2 Å². The van der Waals surface area contributed by atoms with Gasteiger partial charge in [0.1, 0.15) is 0 Å². The normalized spacial score (nSPS) is 15.7. The molecule has 0 aliphatic heterocycles. The van der Waals surface area contributed by atoms with E-state index >= 15 is 0 Å². The predicted molar refractivity (Wildman–Crippen MR) is 42.8 cm³/mol. The molecule has 0 fully saturated rings. The van der Waals surface area contributed by atoms with Gasteiger partial charge in [-0.15, -0.1) is 0 Å². The van der Waals surface area contributed by atoms with E-state index in [9.17, 15) is 4.39 Å². The number of halogens is 1. The van der Waals surface area contributed by atoms with E-state index in [1.807, 2.05) is 0 Å². The fraction of sp³-hybridized carbons (Fsp3) is 0.375. The van der Waals surface area contributed by atoms with Crippen LogP contribution in [0.15, 0.2) is 18.3 Å². The summed E-state index contributed by atoms with van der Waals surface area (Å²) in [6, 6.07) is 2.39. The van der Waals surface area contributed by atoms with E-state index in [0.29, 0.717) is 0 Å². The quantitative estimate of drug-likeness (QED) is 0.639. The summed E-state index contributed by atoms with van der Waals surface area (Å²) in [6.07, 6.45) is 0.567. The lowest BCUT2D eigenvalue weighted by Crippen LogP contribution is -2.24. The van der Waals surface area contributed by atoms with Crippen molar-refractivity contribution in [1.82, 2.24) is 4.98 Å². The number of rotatable bonds is 2. The van der Waals surface area contributed by atoms with E-state index in [0.717, 1.165) is 0 Å². The van der Waals surface area contributed by atoms with Gasteiger partial charge in [-0.3, -0.25) is 0 Å². The van der Waals surface area contributed by atoms with E-state index in [1.54, 1.807) is 6.07 Å². The molecule has 0 radical (unpaired) electrons. The number of aliphatic hydroxyl groups excluding tert-OH is 1. The molecule has 1 aromatic heterocycles. The van der Waals surface area contributed by atoms with Gasteiger partial charge in [0, 0.05) is 11.8 Å². The fourth-order valence-electron chi connectivity index (χ4n) is 0.907. The largest absolute Gasteiger partial charge is 0.391 e. The van der Waals surface area contributed by atoms with Crippen LogP contribution in [0.2, 0.25) is 0 Å². The third kappa shape index (κ3) is 1.78. The molecular formula is C8H11FN2O. The van der Waals surface area contributed by atoms with Crippen LogP contribution in [0.3, 0.4) is 0 Å². The minimum absolute atomic E-state index is 0.243. The van der Waals surface area contributed by atoms with Crippen molar-refractivity contribution in [1.29, 1.82) is 0 Å². The van der Waals surface area contributed by atoms with Crippen molar-refractivity contribution < 1.29 is 9.50 Å².